The summed E-state index contributed by atoms with van der Waals surface area (Å²) in [7, 11) is 0. The third-order valence-electron chi connectivity index (χ3n) is 2.41. The van der Waals surface area contributed by atoms with E-state index in [4.69, 9.17) is 0 Å². The number of carbonyl (C=O) groups is 2. The van der Waals surface area contributed by atoms with E-state index >= 15 is 0 Å². The van der Waals surface area contributed by atoms with Crippen LogP contribution in [0.4, 0.5) is 5.69 Å². The number of Topliss-reactive ketones (excluding diaryl/α,β-unsaturated/α-hetero) is 1. The van der Waals surface area contributed by atoms with E-state index in [1.807, 2.05) is 6.07 Å². The van der Waals surface area contributed by atoms with Gasteiger partial charge in [0.2, 0.25) is 5.91 Å². The molecule has 0 bridgehead atoms. The van der Waals surface area contributed by atoms with Gasteiger partial charge < -0.3 is 5.32 Å². The van der Waals surface area contributed by atoms with Gasteiger partial charge in [-0.3, -0.25) is 9.59 Å². The zero-order valence-electron chi connectivity index (χ0n) is 7.91. The van der Waals surface area contributed by atoms with Crippen LogP contribution >= 0.6 is 0 Å². The summed E-state index contributed by atoms with van der Waals surface area (Å²) in [5, 5.41) is 2.72. The van der Waals surface area contributed by atoms with Gasteiger partial charge in [-0.2, -0.15) is 0 Å². The molecule has 0 spiro atoms. The van der Waals surface area contributed by atoms with Crippen LogP contribution in [0.1, 0.15) is 23.7 Å². The van der Waals surface area contributed by atoms with Crippen molar-refractivity contribution in [2.45, 2.75) is 13.3 Å². The van der Waals surface area contributed by atoms with E-state index in [-0.39, 0.29) is 24.0 Å². The second-order valence-corrected chi connectivity index (χ2v) is 3.56. The predicted octanol–water partition coefficient (Wildman–Crippen LogP) is 1.85. The van der Waals surface area contributed by atoms with Crippen molar-refractivity contribution < 1.29 is 9.59 Å². The fourth-order valence-corrected chi connectivity index (χ4v) is 1.64. The number of fused-ring (bicyclic) bond motifs is 1. The van der Waals surface area contributed by atoms with Crippen molar-refractivity contribution in [3.63, 3.8) is 0 Å². The highest BCUT2D eigenvalue weighted by Crippen LogP contribution is 2.24. The molecule has 1 aliphatic heterocycles. The molecule has 1 heterocycles. The SMILES string of the molecule is CC1CC(=O)Nc2ccccc2C1=O. The lowest BCUT2D eigenvalue weighted by atomic mass is 9.97. The van der Waals surface area contributed by atoms with E-state index < -0.39 is 0 Å². The average molecular weight is 189 g/mol. The van der Waals surface area contributed by atoms with Crippen molar-refractivity contribution in [1.82, 2.24) is 0 Å². The zero-order chi connectivity index (χ0) is 10.1. The monoisotopic (exact) mass is 189 g/mol. The molecule has 72 valence electrons. The standard InChI is InChI=1S/C11H11NO2/c1-7-6-10(13)12-9-5-3-2-4-8(9)11(7)14/h2-5,7H,6H2,1H3,(H,12,13). The highest BCUT2D eigenvalue weighted by Gasteiger charge is 2.25. The minimum Gasteiger partial charge on any atom is -0.325 e. The molecule has 1 atom stereocenters. The average Bonchev–Trinajstić information content (AvgIpc) is 2.26. The number of hydrogen-bond acceptors (Lipinski definition) is 2. The van der Waals surface area contributed by atoms with Crippen LogP contribution in [0.25, 0.3) is 0 Å². The summed E-state index contributed by atoms with van der Waals surface area (Å²) in [6.45, 7) is 1.78. The molecule has 0 aliphatic carbocycles. The first-order chi connectivity index (χ1) is 6.68. The molecule has 0 fully saturated rings. The first kappa shape index (κ1) is 8.94. The lowest BCUT2D eigenvalue weighted by Gasteiger charge is -2.04. The molecule has 3 nitrogen and oxygen atoms in total. The van der Waals surface area contributed by atoms with Crippen LogP contribution < -0.4 is 5.32 Å². The molecule has 3 heteroatoms. The summed E-state index contributed by atoms with van der Waals surface area (Å²) in [5.74, 6) is -0.270. The van der Waals surface area contributed by atoms with Crippen LogP contribution in [-0.4, -0.2) is 11.7 Å². The Morgan fingerprint density at radius 3 is 2.79 bits per heavy atom. The van der Waals surface area contributed by atoms with Crippen LogP contribution in [0.5, 0.6) is 0 Å². The quantitative estimate of drug-likeness (QED) is 0.677. The third-order valence-corrected chi connectivity index (χ3v) is 2.41. The fraction of sp³-hybridized carbons (Fsp3) is 0.273. The van der Waals surface area contributed by atoms with Crippen molar-refractivity contribution in [2.24, 2.45) is 5.92 Å². The second kappa shape index (κ2) is 3.25. The largest absolute Gasteiger partial charge is 0.325 e. The van der Waals surface area contributed by atoms with Gasteiger partial charge in [0.15, 0.2) is 5.78 Å². The first-order valence-electron chi connectivity index (χ1n) is 4.61. The highest BCUT2D eigenvalue weighted by molar-refractivity contribution is 6.10. The number of carbonyl (C=O) groups excluding carboxylic acids is 2. The molecule has 2 rings (SSSR count). The summed E-state index contributed by atoms with van der Waals surface area (Å²) in [6.07, 6.45) is 0.271. The maximum atomic E-state index is 11.8. The van der Waals surface area contributed by atoms with Gasteiger partial charge in [0.05, 0.1) is 5.69 Å². The normalized spacial score (nSPS) is 21.1. The number of anilines is 1. The van der Waals surface area contributed by atoms with Crippen LogP contribution in [0, 0.1) is 5.92 Å². The number of nitrogens with one attached hydrogen (secondary N) is 1. The zero-order valence-corrected chi connectivity index (χ0v) is 7.91. The lowest BCUT2D eigenvalue weighted by molar-refractivity contribution is -0.116. The lowest BCUT2D eigenvalue weighted by Crippen LogP contribution is -2.14. The summed E-state index contributed by atoms with van der Waals surface area (Å²) in [5.41, 5.74) is 1.25. The number of hydrogen-bond donors (Lipinski definition) is 1. The second-order valence-electron chi connectivity index (χ2n) is 3.56. The molecule has 0 saturated carbocycles. The summed E-state index contributed by atoms with van der Waals surface area (Å²) in [6, 6.07) is 7.12. The molecule has 0 saturated heterocycles. The van der Waals surface area contributed by atoms with Crippen molar-refractivity contribution in [2.75, 3.05) is 5.32 Å². The topological polar surface area (TPSA) is 46.2 Å². The Morgan fingerprint density at radius 1 is 1.29 bits per heavy atom. The van der Waals surface area contributed by atoms with Gasteiger partial charge in [0.1, 0.15) is 0 Å². The Hall–Kier alpha value is -1.64. The fourth-order valence-electron chi connectivity index (χ4n) is 1.64. The molecule has 14 heavy (non-hydrogen) atoms. The molecular weight excluding hydrogens is 178 g/mol. The molecule has 0 radical (unpaired) electrons. The van der Waals surface area contributed by atoms with Gasteiger partial charge >= 0.3 is 0 Å². The molecule has 1 aromatic carbocycles. The molecule has 1 amide bonds. The number of ketones is 1. The number of rotatable bonds is 0. The Balaban J connectivity index is 2.52. The molecule has 1 aliphatic rings. The van der Waals surface area contributed by atoms with Crippen molar-refractivity contribution in [1.29, 1.82) is 0 Å². The Bertz CT molecular complexity index is 398. The summed E-state index contributed by atoms with van der Waals surface area (Å²) >= 11 is 0. The van der Waals surface area contributed by atoms with Crippen LogP contribution in [-0.2, 0) is 4.79 Å². The summed E-state index contributed by atoms with van der Waals surface area (Å²) < 4.78 is 0. The van der Waals surface area contributed by atoms with Crippen molar-refractivity contribution >= 4 is 17.4 Å². The van der Waals surface area contributed by atoms with Gasteiger partial charge in [-0.1, -0.05) is 19.1 Å². The number of para-hydroxylation sites is 1. The number of amides is 1. The minimum atomic E-state index is -0.223. The Labute approximate surface area is 82.1 Å². The van der Waals surface area contributed by atoms with Gasteiger partial charge in [0.25, 0.3) is 0 Å². The van der Waals surface area contributed by atoms with Gasteiger partial charge in [-0.15, -0.1) is 0 Å². The summed E-state index contributed by atoms with van der Waals surface area (Å²) in [4.78, 5) is 23.1. The molecule has 0 aromatic heterocycles. The first-order valence-corrected chi connectivity index (χ1v) is 4.61. The molecule has 1 aromatic rings. The maximum absolute atomic E-state index is 11.8. The number of benzene rings is 1. The third kappa shape index (κ3) is 1.41. The van der Waals surface area contributed by atoms with Crippen molar-refractivity contribution in [3.05, 3.63) is 29.8 Å². The molecule has 1 N–H and O–H groups in total. The molecule has 1 unspecified atom stereocenters. The Morgan fingerprint density at radius 2 is 2.00 bits per heavy atom. The smallest absolute Gasteiger partial charge is 0.225 e. The van der Waals surface area contributed by atoms with Crippen LogP contribution in [0.3, 0.4) is 0 Å². The van der Waals surface area contributed by atoms with Gasteiger partial charge in [-0.25, -0.2) is 0 Å². The Kier molecular flexibility index (Phi) is 2.08. The predicted molar refractivity (Wildman–Crippen MR) is 53.2 cm³/mol. The van der Waals surface area contributed by atoms with Crippen LogP contribution in [0.2, 0.25) is 0 Å². The molecular formula is C11H11NO2. The van der Waals surface area contributed by atoms with Gasteiger partial charge in [0, 0.05) is 17.9 Å². The van der Waals surface area contributed by atoms with E-state index in [0.29, 0.717) is 11.3 Å². The van der Waals surface area contributed by atoms with Gasteiger partial charge in [-0.05, 0) is 12.1 Å². The highest BCUT2D eigenvalue weighted by atomic mass is 16.2. The van der Waals surface area contributed by atoms with E-state index in [9.17, 15) is 9.59 Å². The van der Waals surface area contributed by atoms with Crippen molar-refractivity contribution in [3.8, 4) is 0 Å². The van der Waals surface area contributed by atoms with E-state index in [2.05, 4.69) is 5.32 Å². The minimum absolute atomic E-state index is 0.0407. The maximum Gasteiger partial charge on any atom is 0.225 e. The van der Waals surface area contributed by atoms with Crippen LogP contribution in [0.15, 0.2) is 24.3 Å². The van der Waals surface area contributed by atoms with E-state index in [0.717, 1.165) is 0 Å². The van der Waals surface area contributed by atoms with E-state index in [1.165, 1.54) is 0 Å². The van der Waals surface area contributed by atoms with E-state index in [1.54, 1.807) is 25.1 Å².